The summed E-state index contributed by atoms with van der Waals surface area (Å²) in [5.74, 6) is 0.779. The van der Waals surface area contributed by atoms with Crippen molar-refractivity contribution in [2.75, 3.05) is 19.0 Å². The second-order valence-electron chi connectivity index (χ2n) is 8.72. The van der Waals surface area contributed by atoms with Crippen LogP contribution in [-0.2, 0) is 19.5 Å². The minimum Gasteiger partial charge on any atom is -0.497 e. The Morgan fingerprint density at radius 2 is 1.87 bits per heavy atom. The van der Waals surface area contributed by atoms with E-state index in [1.54, 1.807) is 13.2 Å². The number of thiocarbonyl (C=S) groups is 1. The molecular weight excluding hydrogens is 537 g/mol. The zero-order valence-electron chi connectivity index (χ0n) is 20.9. The number of hydrogen-bond acceptors (Lipinski definition) is 4. The number of nitrogens with zero attached hydrogens (tertiary/aromatic N) is 4. The van der Waals surface area contributed by atoms with Gasteiger partial charge in [-0.1, -0.05) is 47.5 Å². The average Bonchev–Trinajstić information content (AvgIpc) is 3.38. The van der Waals surface area contributed by atoms with Gasteiger partial charge in [0.25, 0.3) is 0 Å². The molecule has 0 amide bonds. The topological polar surface area (TPSA) is 66.1 Å². The molecule has 0 radical (unpaired) electrons. The maximum Gasteiger partial charge on any atom is 0.173 e. The Labute approximate surface area is 238 Å². The lowest BCUT2D eigenvalue weighted by atomic mass is 10.1. The fraction of sp³-hybridized carbons (Fsp3) is 0.207. The number of rotatable bonds is 10. The highest BCUT2D eigenvalue weighted by molar-refractivity contribution is 7.80. The first-order chi connectivity index (χ1) is 18.5. The Morgan fingerprint density at radius 3 is 2.58 bits per heavy atom. The molecule has 0 bridgehead atoms. The van der Waals surface area contributed by atoms with Crippen LogP contribution in [0.3, 0.4) is 0 Å². The fourth-order valence-electron chi connectivity index (χ4n) is 4.04. The number of anilines is 1. The Kier molecular flexibility index (Phi) is 9.61. The SMILES string of the molecule is COc1ccc(NC(=S)N(CCCc2cncn2Cc2ccc(C#N)cc2)Cc2cccc(Cl)c2Cl)cc1. The largest absolute Gasteiger partial charge is 0.497 e. The number of hydrogen-bond donors (Lipinski definition) is 1. The van der Waals surface area contributed by atoms with E-state index in [1.165, 1.54) is 0 Å². The summed E-state index contributed by atoms with van der Waals surface area (Å²) in [7, 11) is 1.64. The molecule has 0 unspecified atom stereocenters. The summed E-state index contributed by atoms with van der Waals surface area (Å²) in [5.41, 5.74) is 4.68. The van der Waals surface area contributed by atoms with Gasteiger partial charge in [0, 0.05) is 37.2 Å². The van der Waals surface area contributed by atoms with Gasteiger partial charge in [-0.15, -0.1) is 0 Å². The predicted molar refractivity (Wildman–Crippen MR) is 157 cm³/mol. The molecule has 0 spiro atoms. The van der Waals surface area contributed by atoms with Gasteiger partial charge >= 0.3 is 0 Å². The van der Waals surface area contributed by atoms with E-state index in [-0.39, 0.29) is 0 Å². The molecule has 6 nitrogen and oxygen atoms in total. The van der Waals surface area contributed by atoms with E-state index >= 15 is 0 Å². The van der Waals surface area contributed by atoms with Gasteiger partial charge < -0.3 is 19.5 Å². The molecule has 3 aromatic carbocycles. The van der Waals surface area contributed by atoms with Gasteiger partial charge in [-0.25, -0.2) is 4.98 Å². The van der Waals surface area contributed by atoms with Crippen LogP contribution in [0.25, 0.3) is 0 Å². The first-order valence-corrected chi connectivity index (χ1v) is 13.2. The Morgan fingerprint density at radius 1 is 1.11 bits per heavy atom. The Bertz CT molecular complexity index is 1410. The molecule has 0 aliphatic rings. The number of ether oxygens (including phenoxy) is 1. The van der Waals surface area contributed by atoms with Gasteiger partial charge in [-0.05, 0) is 78.7 Å². The van der Waals surface area contributed by atoms with Crippen LogP contribution in [0.5, 0.6) is 5.75 Å². The van der Waals surface area contributed by atoms with E-state index in [0.29, 0.717) is 40.4 Å². The molecule has 38 heavy (non-hydrogen) atoms. The van der Waals surface area contributed by atoms with Gasteiger partial charge in [0.2, 0.25) is 0 Å². The first-order valence-electron chi connectivity index (χ1n) is 12.1. The van der Waals surface area contributed by atoms with Crippen molar-refractivity contribution in [3.05, 3.63) is 112 Å². The summed E-state index contributed by atoms with van der Waals surface area (Å²) < 4.78 is 7.39. The molecule has 0 aliphatic heterocycles. The van der Waals surface area contributed by atoms with E-state index in [9.17, 15) is 0 Å². The summed E-state index contributed by atoms with van der Waals surface area (Å²) in [6.45, 7) is 1.92. The molecular formula is C29H27Cl2N5OS. The zero-order chi connectivity index (χ0) is 26.9. The van der Waals surface area contributed by atoms with Crippen LogP contribution in [0, 0.1) is 11.3 Å². The maximum absolute atomic E-state index is 9.03. The summed E-state index contributed by atoms with van der Waals surface area (Å²) in [5, 5.41) is 14.0. The highest BCUT2D eigenvalue weighted by Gasteiger charge is 2.15. The number of aryl methyl sites for hydroxylation is 1. The number of methoxy groups -OCH3 is 1. The van der Waals surface area contributed by atoms with Gasteiger partial charge in [0.15, 0.2) is 5.11 Å². The average molecular weight is 565 g/mol. The van der Waals surface area contributed by atoms with E-state index in [4.69, 9.17) is 45.4 Å². The van der Waals surface area contributed by atoms with Crippen LogP contribution < -0.4 is 10.1 Å². The van der Waals surface area contributed by atoms with Gasteiger partial charge in [0.05, 0.1) is 35.1 Å². The molecule has 4 rings (SSSR count). The Hall–Kier alpha value is -3.57. The van der Waals surface area contributed by atoms with Crippen molar-refractivity contribution in [1.82, 2.24) is 14.5 Å². The summed E-state index contributed by atoms with van der Waals surface area (Å²) >= 11 is 18.6. The van der Waals surface area contributed by atoms with E-state index in [1.807, 2.05) is 73.2 Å². The van der Waals surface area contributed by atoms with Crippen molar-refractivity contribution in [3.8, 4) is 11.8 Å². The lowest BCUT2D eigenvalue weighted by Gasteiger charge is -2.27. The highest BCUT2D eigenvalue weighted by atomic mass is 35.5. The van der Waals surface area contributed by atoms with Gasteiger partial charge in [0.1, 0.15) is 5.75 Å². The van der Waals surface area contributed by atoms with Crippen LogP contribution in [0.2, 0.25) is 10.0 Å². The summed E-state index contributed by atoms with van der Waals surface area (Å²) in [6.07, 6.45) is 5.41. The van der Waals surface area contributed by atoms with Crippen molar-refractivity contribution < 1.29 is 4.74 Å². The number of halogens is 2. The Balaban J connectivity index is 1.44. The molecule has 9 heteroatoms. The van der Waals surface area contributed by atoms with E-state index in [2.05, 4.69) is 25.8 Å². The van der Waals surface area contributed by atoms with Crippen LogP contribution >= 0.6 is 35.4 Å². The smallest absolute Gasteiger partial charge is 0.173 e. The monoisotopic (exact) mass is 563 g/mol. The molecule has 1 N–H and O–H groups in total. The van der Waals surface area contributed by atoms with Crippen molar-refractivity contribution >= 4 is 46.2 Å². The molecule has 1 aromatic heterocycles. The minimum atomic E-state index is 0.518. The van der Waals surface area contributed by atoms with Crippen molar-refractivity contribution in [3.63, 3.8) is 0 Å². The van der Waals surface area contributed by atoms with Crippen molar-refractivity contribution in [1.29, 1.82) is 5.26 Å². The minimum absolute atomic E-state index is 0.518. The molecule has 0 aliphatic carbocycles. The highest BCUT2D eigenvalue weighted by Crippen LogP contribution is 2.27. The van der Waals surface area contributed by atoms with Gasteiger partial charge in [-0.2, -0.15) is 5.26 Å². The third kappa shape index (κ3) is 7.26. The van der Waals surface area contributed by atoms with E-state index in [0.717, 1.165) is 41.1 Å². The molecule has 4 aromatic rings. The summed E-state index contributed by atoms with van der Waals surface area (Å²) in [4.78, 5) is 6.46. The number of imidazole rings is 1. The predicted octanol–water partition coefficient (Wildman–Crippen LogP) is 6.95. The molecule has 0 atom stereocenters. The van der Waals surface area contributed by atoms with Crippen LogP contribution in [0.4, 0.5) is 5.69 Å². The molecule has 0 saturated carbocycles. The van der Waals surface area contributed by atoms with Crippen molar-refractivity contribution in [2.45, 2.75) is 25.9 Å². The standard InChI is InChI=1S/C29H27Cl2N5OS/c1-37-26-13-11-24(12-14-26)34-29(38)35(19-23-4-2-6-27(30)28(23)31)15-3-5-25-17-33-20-36(25)18-22-9-7-21(16-32)8-10-22/h2,4,6-14,17,20H,3,5,15,18-19H2,1H3,(H,34,38). The van der Waals surface area contributed by atoms with Crippen LogP contribution in [-0.4, -0.2) is 33.2 Å². The number of aromatic nitrogens is 2. The second kappa shape index (κ2) is 13.3. The lowest BCUT2D eigenvalue weighted by molar-refractivity contribution is 0.408. The third-order valence-corrected chi connectivity index (χ3v) is 7.34. The first kappa shape index (κ1) is 27.5. The lowest BCUT2D eigenvalue weighted by Crippen LogP contribution is -2.35. The molecule has 194 valence electrons. The van der Waals surface area contributed by atoms with E-state index < -0.39 is 0 Å². The summed E-state index contributed by atoms with van der Waals surface area (Å²) in [6, 6.07) is 23.0. The molecule has 0 saturated heterocycles. The second-order valence-corrected chi connectivity index (χ2v) is 9.89. The quantitative estimate of drug-likeness (QED) is 0.210. The number of nitriles is 1. The van der Waals surface area contributed by atoms with Crippen LogP contribution in [0.1, 0.15) is 28.8 Å². The zero-order valence-corrected chi connectivity index (χ0v) is 23.2. The van der Waals surface area contributed by atoms with Gasteiger partial charge in [-0.3, -0.25) is 0 Å². The third-order valence-electron chi connectivity index (χ3n) is 6.12. The fourth-order valence-corrected chi connectivity index (χ4v) is 4.69. The maximum atomic E-state index is 9.03. The number of benzene rings is 3. The normalized spacial score (nSPS) is 10.6. The van der Waals surface area contributed by atoms with Crippen molar-refractivity contribution in [2.24, 2.45) is 0 Å². The number of nitrogens with one attached hydrogen (secondary N) is 1. The van der Waals surface area contributed by atoms with Crippen LogP contribution in [0.15, 0.2) is 79.3 Å². The molecule has 1 heterocycles. The molecule has 0 fully saturated rings.